The Morgan fingerprint density at radius 1 is 0.917 bits per heavy atom. The molecule has 1 N–H and O–H groups in total. The second kappa shape index (κ2) is 11.4. The van der Waals surface area contributed by atoms with E-state index in [1.54, 1.807) is 37.3 Å². The Balaban J connectivity index is 2.07. The molecule has 0 saturated carbocycles. The van der Waals surface area contributed by atoms with Crippen molar-refractivity contribution >= 4 is 27.5 Å². The van der Waals surface area contributed by atoms with Gasteiger partial charge in [0.2, 0.25) is 11.8 Å². The second-order valence-corrected chi connectivity index (χ2v) is 10.7. The third-order valence-electron chi connectivity index (χ3n) is 6.30. The number of nitrogens with zero attached hydrogens (tertiary/aromatic N) is 2. The number of aryl methyl sites for hydroxylation is 2. The van der Waals surface area contributed by atoms with Crippen LogP contribution >= 0.6 is 0 Å². The first-order chi connectivity index (χ1) is 17.1. The summed E-state index contributed by atoms with van der Waals surface area (Å²) >= 11 is 0. The van der Waals surface area contributed by atoms with E-state index in [9.17, 15) is 18.0 Å². The van der Waals surface area contributed by atoms with Crippen molar-refractivity contribution in [2.24, 2.45) is 0 Å². The zero-order valence-electron chi connectivity index (χ0n) is 21.4. The zero-order valence-corrected chi connectivity index (χ0v) is 22.2. The van der Waals surface area contributed by atoms with Gasteiger partial charge in [-0.2, -0.15) is 0 Å². The van der Waals surface area contributed by atoms with Gasteiger partial charge in [-0.3, -0.25) is 13.9 Å². The highest BCUT2D eigenvalue weighted by Crippen LogP contribution is 2.29. The van der Waals surface area contributed by atoms with Crippen molar-refractivity contribution in [3.05, 3.63) is 95.1 Å². The summed E-state index contributed by atoms with van der Waals surface area (Å²) in [6.45, 7) is 7.04. The number of carbonyl (C=O) groups is 2. The Morgan fingerprint density at radius 3 is 2.22 bits per heavy atom. The lowest BCUT2D eigenvalue weighted by molar-refractivity contribution is -0.139. The molecule has 3 aromatic rings. The lowest BCUT2D eigenvalue weighted by Crippen LogP contribution is -2.50. The van der Waals surface area contributed by atoms with Crippen molar-refractivity contribution < 1.29 is 18.0 Å². The highest BCUT2D eigenvalue weighted by atomic mass is 32.2. The first-order valence-electron chi connectivity index (χ1n) is 11.8. The molecule has 0 unspecified atom stereocenters. The minimum atomic E-state index is -4.07. The highest BCUT2D eigenvalue weighted by Gasteiger charge is 2.33. The van der Waals surface area contributed by atoms with Gasteiger partial charge < -0.3 is 10.2 Å². The smallest absolute Gasteiger partial charge is 0.264 e. The molecule has 2 amide bonds. The predicted octanol–water partition coefficient (Wildman–Crippen LogP) is 3.97. The Hall–Kier alpha value is -3.65. The van der Waals surface area contributed by atoms with Gasteiger partial charge in [0, 0.05) is 13.6 Å². The van der Waals surface area contributed by atoms with Crippen LogP contribution in [0, 0.1) is 20.8 Å². The van der Waals surface area contributed by atoms with Crippen LogP contribution in [0.2, 0.25) is 0 Å². The van der Waals surface area contributed by atoms with Gasteiger partial charge in [0.05, 0.1) is 10.6 Å². The summed E-state index contributed by atoms with van der Waals surface area (Å²) in [4.78, 5) is 27.9. The Labute approximate surface area is 213 Å². The van der Waals surface area contributed by atoms with Gasteiger partial charge in [0.25, 0.3) is 10.0 Å². The number of benzene rings is 3. The lowest BCUT2D eigenvalue weighted by atomic mass is 10.1. The van der Waals surface area contributed by atoms with Crippen LogP contribution in [-0.2, 0) is 26.2 Å². The number of sulfonamides is 1. The minimum Gasteiger partial charge on any atom is -0.357 e. The van der Waals surface area contributed by atoms with Crippen LogP contribution in [0.1, 0.15) is 29.2 Å². The summed E-state index contributed by atoms with van der Waals surface area (Å²) in [5.41, 5.74) is 3.97. The van der Waals surface area contributed by atoms with Crippen LogP contribution in [0.5, 0.6) is 0 Å². The first kappa shape index (κ1) is 26.9. The van der Waals surface area contributed by atoms with Crippen molar-refractivity contribution in [1.29, 1.82) is 0 Å². The van der Waals surface area contributed by atoms with Gasteiger partial charge in [-0.15, -0.1) is 0 Å². The summed E-state index contributed by atoms with van der Waals surface area (Å²) in [6.07, 6.45) is 0. The van der Waals surface area contributed by atoms with E-state index in [0.717, 1.165) is 26.6 Å². The van der Waals surface area contributed by atoms with Crippen molar-refractivity contribution in [3.63, 3.8) is 0 Å². The second-order valence-electron chi connectivity index (χ2n) is 8.84. The molecule has 190 valence electrons. The van der Waals surface area contributed by atoms with Crippen molar-refractivity contribution in [2.45, 2.75) is 45.2 Å². The lowest BCUT2D eigenvalue weighted by Gasteiger charge is -2.32. The van der Waals surface area contributed by atoms with Crippen LogP contribution in [-0.4, -0.2) is 44.8 Å². The van der Waals surface area contributed by atoms with Crippen LogP contribution < -0.4 is 9.62 Å². The number of hydrogen-bond acceptors (Lipinski definition) is 4. The van der Waals surface area contributed by atoms with Crippen LogP contribution in [0.3, 0.4) is 0 Å². The molecular weight excluding hydrogens is 474 g/mol. The van der Waals surface area contributed by atoms with Crippen LogP contribution in [0.15, 0.2) is 77.7 Å². The van der Waals surface area contributed by atoms with E-state index < -0.39 is 28.5 Å². The maximum Gasteiger partial charge on any atom is 0.264 e. The Bertz CT molecular complexity index is 1340. The van der Waals surface area contributed by atoms with E-state index in [4.69, 9.17) is 0 Å². The van der Waals surface area contributed by atoms with Gasteiger partial charge in [-0.25, -0.2) is 8.42 Å². The van der Waals surface area contributed by atoms with E-state index in [0.29, 0.717) is 5.69 Å². The molecule has 0 fully saturated rings. The zero-order chi connectivity index (χ0) is 26.5. The topological polar surface area (TPSA) is 86.8 Å². The summed E-state index contributed by atoms with van der Waals surface area (Å²) < 4.78 is 28.7. The molecule has 0 radical (unpaired) electrons. The van der Waals surface area contributed by atoms with Crippen molar-refractivity contribution in [3.8, 4) is 0 Å². The number of anilines is 1. The van der Waals surface area contributed by atoms with Gasteiger partial charge in [-0.1, -0.05) is 60.2 Å². The minimum absolute atomic E-state index is 0.0864. The molecule has 7 nitrogen and oxygen atoms in total. The van der Waals surface area contributed by atoms with Gasteiger partial charge in [0.1, 0.15) is 12.6 Å². The van der Waals surface area contributed by atoms with Gasteiger partial charge >= 0.3 is 0 Å². The summed E-state index contributed by atoms with van der Waals surface area (Å²) in [6, 6.07) is 20.3. The maximum atomic E-state index is 13.8. The van der Waals surface area contributed by atoms with Gasteiger partial charge in [0.15, 0.2) is 0 Å². The van der Waals surface area contributed by atoms with E-state index in [1.807, 2.05) is 51.1 Å². The Kier molecular flexibility index (Phi) is 8.53. The average molecular weight is 508 g/mol. The monoisotopic (exact) mass is 507 g/mol. The largest absolute Gasteiger partial charge is 0.357 e. The molecule has 3 rings (SSSR count). The number of likely N-dealkylation sites (N-methyl/N-ethyl adjacent to an activating group) is 1. The molecule has 36 heavy (non-hydrogen) atoms. The molecule has 0 spiro atoms. The normalized spacial score (nSPS) is 12.0. The predicted molar refractivity (Wildman–Crippen MR) is 142 cm³/mol. The number of nitrogens with one attached hydrogen (secondary N) is 1. The molecule has 0 aliphatic carbocycles. The molecule has 1 atom stereocenters. The third-order valence-corrected chi connectivity index (χ3v) is 8.08. The number of amides is 2. The molecule has 0 heterocycles. The molecule has 0 aromatic heterocycles. The molecular formula is C28H33N3O4S. The highest BCUT2D eigenvalue weighted by molar-refractivity contribution is 7.92. The maximum absolute atomic E-state index is 13.8. The molecule has 0 saturated heterocycles. The molecule has 3 aromatic carbocycles. The van der Waals surface area contributed by atoms with Crippen LogP contribution in [0.4, 0.5) is 5.69 Å². The average Bonchev–Trinajstić information content (AvgIpc) is 2.87. The van der Waals surface area contributed by atoms with Crippen molar-refractivity contribution in [1.82, 2.24) is 10.2 Å². The quantitative estimate of drug-likeness (QED) is 0.475. The summed E-state index contributed by atoms with van der Waals surface area (Å²) in [5.74, 6) is -0.812. The van der Waals surface area contributed by atoms with E-state index >= 15 is 0 Å². The fourth-order valence-corrected chi connectivity index (χ4v) is 5.53. The number of rotatable bonds is 9. The van der Waals surface area contributed by atoms with Crippen molar-refractivity contribution in [2.75, 3.05) is 17.9 Å². The van der Waals surface area contributed by atoms with Crippen LogP contribution in [0.25, 0.3) is 0 Å². The number of hydrogen-bond donors (Lipinski definition) is 1. The third kappa shape index (κ3) is 5.94. The van der Waals surface area contributed by atoms with E-state index in [-0.39, 0.29) is 17.3 Å². The van der Waals surface area contributed by atoms with Gasteiger partial charge in [-0.05, 0) is 62.6 Å². The van der Waals surface area contributed by atoms with E-state index in [2.05, 4.69) is 5.32 Å². The molecule has 0 bridgehead atoms. The first-order valence-corrected chi connectivity index (χ1v) is 13.2. The Morgan fingerprint density at radius 2 is 1.58 bits per heavy atom. The fraction of sp³-hybridized carbons (Fsp3) is 0.286. The summed E-state index contributed by atoms with van der Waals surface area (Å²) in [7, 11) is -2.56. The standard InChI is InChI=1S/C28H33N3O4S/c1-20-11-9-13-24(17-20)18-30(23(4)28(33)29-5)27(32)19-31(26-16-10-12-21(2)22(26)3)36(34,35)25-14-7-6-8-15-25/h6-17,23H,18-19H2,1-5H3,(H,29,33)/t23-/m0/s1. The molecule has 0 aliphatic heterocycles. The number of carbonyl (C=O) groups excluding carboxylic acids is 2. The molecule has 0 aliphatic rings. The molecule has 8 heteroatoms. The SMILES string of the molecule is CNC(=O)[C@H](C)N(Cc1cccc(C)c1)C(=O)CN(c1cccc(C)c1C)S(=O)(=O)c1ccccc1. The van der Waals surface area contributed by atoms with E-state index in [1.165, 1.54) is 24.1 Å². The summed E-state index contributed by atoms with van der Waals surface area (Å²) in [5, 5.41) is 2.59. The fourth-order valence-electron chi connectivity index (χ4n) is 4.04.